The quantitative estimate of drug-likeness (QED) is 0.863. The van der Waals surface area contributed by atoms with Crippen LogP contribution in [0, 0.1) is 0 Å². The van der Waals surface area contributed by atoms with E-state index < -0.39 is 0 Å². The van der Waals surface area contributed by atoms with Gasteiger partial charge in [-0.1, -0.05) is 19.1 Å². The van der Waals surface area contributed by atoms with Gasteiger partial charge in [-0.3, -0.25) is 0 Å². The SMILES string of the molecule is CCCOc1ccnc(Oc2ccc(CN)cc2)n1. The molecular weight excluding hydrogens is 242 g/mol. The predicted octanol–water partition coefficient (Wildman–Crippen LogP) is 2.52. The lowest BCUT2D eigenvalue weighted by Gasteiger charge is -2.06. The summed E-state index contributed by atoms with van der Waals surface area (Å²) in [7, 11) is 0. The fraction of sp³-hybridized carbons (Fsp3) is 0.286. The topological polar surface area (TPSA) is 70.3 Å². The molecule has 0 radical (unpaired) electrons. The minimum Gasteiger partial charge on any atom is -0.478 e. The lowest BCUT2D eigenvalue weighted by atomic mass is 10.2. The molecule has 5 heteroatoms. The van der Waals surface area contributed by atoms with E-state index in [4.69, 9.17) is 15.2 Å². The van der Waals surface area contributed by atoms with E-state index in [-0.39, 0.29) is 6.01 Å². The fourth-order valence-electron chi connectivity index (χ4n) is 1.46. The standard InChI is InChI=1S/C14H17N3O2/c1-2-9-18-13-7-8-16-14(17-13)19-12-5-3-11(10-15)4-6-12/h3-8H,2,9-10,15H2,1H3. The minimum absolute atomic E-state index is 0.272. The van der Waals surface area contributed by atoms with E-state index in [1.807, 2.05) is 31.2 Å². The highest BCUT2D eigenvalue weighted by atomic mass is 16.5. The van der Waals surface area contributed by atoms with Crippen LogP contribution < -0.4 is 15.2 Å². The third-order valence-electron chi connectivity index (χ3n) is 2.43. The Hall–Kier alpha value is -2.14. The highest BCUT2D eigenvalue weighted by Crippen LogP contribution is 2.19. The first-order valence-corrected chi connectivity index (χ1v) is 6.24. The third kappa shape index (κ3) is 3.93. The molecule has 5 nitrogen and oxygen atoms in total. The van der Waals surface area contributed by atoms with E-state index in [0.717, 1.165) is 12.0 Å². The summed E-state index contributed by atoms with van der Waals surface area (Å²) in [6.45, 7) is 3.18. The molecule has 0 aliphatic rings. The van der Waals surface area contributed by atoms with Crippen LogP contribution in [0.15, 0.2) is 36.5 Å². The van der Waals surface area contributed by atoms with Crippen molar-refractivity contribution in [2.45, 2.75) is 19.9 Å². The van der Waals surface area contributed by atoms with Gasteiger partial charge >= 0.3 is 6.01 Å². The van der Waals surface area contributed by atoms with Crippen molar-refractivity contribution < 1.29 is 9.47 Å². The molecule has 0 atom stereocenters. The van der Waals surface area contributed by atoms with Crippen LogP contribution in [0.1, 0.15) is 18.9 Å². The Morgan fingerprint density at radius 3 is 2.63 bits per heavy atom. The number of rotatable bonds is 6. The summed E-state index contributed by atoms with van der Waals surface area (Å²) in [6.07, 6.45) is 2.54. The van der Waals surface area contributed by atoms with Gasteiger partial charge < -0.3 is 15.2 Å². The van der Waals surface area contributed by atoms with E-state index in [9.17, 15) is 0 Å². The van der Waals surface area contributed by atoms with Crippen molar-refractivity contribution in [2.24, 2.45) is 5.73 Å². The van der Waals surface area contributed by atoms with Gasteiger partial charge in [-0.25, -0.2) is 4.98 Å². The Kier molecular flexibility index (Phi) is 4.69. The average Bonchev–Trinajstić information content (AvgIpc) is 2.46. The molecule has 100 valence electrons. The number of ether oxygens (including phenoxy) is 2. The Bertz CT molecular complexity index is 514. The maximum Gasteiger partial charge on any atom is 0.325 e. The second-order valence-electron chi connectivity index (χ2n) is 3.98. The number of benzene rings is 1. The van der Waals surface area contributed by atoms with E-state index in [2.05, 4.69) is 9.97 Å². The summed E-state index contributed by atoms with van der Waals surface area (Å²) in [6, 6.07) is 9.48. The smallest absolute Gasteiger partial charge is 0.325 e. The van der Waals surface area contributed by atoms with Gasteiger partial charge in [0.15, 0.2) is 0 Å². The van der Waals surface area contributed by atoms with E-state index in [1.165, 1.54) is 0 Å². The molecule has 0 spiro atoms. The van der Waals surface area contributed by atoms with Crippen molar-refractivity contribution in [1.82, 2.24) is 9.97 Å². The van der Waals surface area contributed by atoms with Gasteiger partial charge in [0.05, 0.1) is 6.61 Å². The molecule has 19 heavy (non-hydrogen) atoms. The van der Waals surface area contributed by atoms with Crippen LogP contribution in [0.25, 0.3) is 0 Å². The monoisotopic (exact) mass is 259 g/mol. The Labute approximate surface area is 112 Å². The number of nitrogens with zero attached hydrogens (tertiary/aromatic N) is 2. The van der Waals surface area contributed by atoms with Gasteiger partial charge in [-0.05, 0) is 24.1 Å². The zero-order valence-electron chi connectivity index (χ0n) is 10.9. The fourth-order valence-corrected chi connectivity index (χ4v) is 1.46. The number of aromatic nitrogens is 2. The normalized spacial score (nSPS) is 10.2. The molecule has 1 aromatic heterocycles. The van der Waals surface area contributed by atoms with Crippen molar-refractivity contribution in [3.05, 3.63) is 42.1 Å². The van der Waals surface area contributed by atoms with Crippen LogP contribution in [-0.4, -0.2) is 16.6 Å². The largest absolute Gasteiger partial charge is 0.478 e. The molecule has 0 amide bonds. The van der Waals surface area contributed by atoms with Gasteiger partial charge in [0.25, 0.3) is 0 Å². The predicted molar refractivity (Wildman–Crippen MR) is 72.2 cm³/mol. The van der Waals surface area contributed by atoms with Crippen molar-refractivity contribution >= 4 is 0 Å². The van der Waals surface area contributed by atoms with Crippen LogP contribution >= 0.6 is 0 Å². The van der Waals surface area contributed by atoms with Crippen LogP contribution in [-0.2, 0) is 6.54 Å². The molecular formula is C14H17N3O2. The highest BCUT2D eigenvalue weighted by Gasteiger charge is 2.03. The minimum atomic E-state index is 0.272. The first-order valence-electron chi connectivity index (χ1n) is 6.24. The molecule has 2 rings (SSSR count). The summed E-state index contributed by atoms with van der Waals surface area (Å²) < 4.78 is 11.0. The molecule has 0 bridgehead atoms. The molecule has 2 N–H and O–H groups in total. The molecule has 1 aromatic carbocycles. The Balaban J connectivity index is 2.05. The van der Waals surface area contributed by atoms with E-state index in [1.54, 1.807) is 12.3 Å². The zero-order valence-corrected chi connectivity index (χ0v) is 10.9. The molecule has 0 unspecified atom stereocenters. The summed E-state index contributed by atoms with van der Waals surface area (Å²) in [5.41, 5.74) is 6.59. The molecule has 1 heterocycles. The molecule has 0 saturated carbocycles. The van der Waals surface area contributed by atoms with E-state index in [0.29, 0.717) is 24.8 Å². The number of hydrogen-bond donors (Lipinski definition) is 1. The van der Waals surface area contributed by atoms with Gasteiger partial charge in [0.1, 0.15) is 5.75 Å². The van der Waals surface area contributed by atoms with E-state index >= 15 is 0 Å². The lowest BCUT2D eigenvalue weighted by molar-refractivity contribution is 0.298. The maximum absolute atomic E-state index is 5.56. The summed E-state index contributed by atoms with van der Waals surface area (Å²) in [5, 5.41) is 0. The van der Waals surface area contributed by atoms with Crippen LogP contribution in [0.5, 0.6) is 17.6 Å². The van der Waals surface area contributed by atoms with Crippen LogP contribution in [0.4, 0.5) is 0 Å². The van der Waals surface area contributed by atoms with Gasteiger partial charge in [-0.15, -0.1) is 0 Å². The maximum atomic E-state index is 5.56. The van der Waals surface area contributed by atoms with Crippen LogP contribution in [0.3, 0.4) is 0 Å². The zero-order chi connectivity index (χ0) is 13.5. The lowest BCUT2D eigenvalue weighted by Crippen LogP contribution is -1.99. The van der Waals surface area contributed by atoms with Crippen molar-refractivity contribution in [2.75, 3.05) is 6.61 Å². The molecule has 0 aliphatic heterocycles. The van der Waals surface area contributed by atoms with Crippen molar-refractivity contribution in [3.8, 4) is 17.6 Å². The Morgan fingerprint density at radius 2 is 1.95 bits per heavy atom. The second-order valence-corrected chi connectivity index (χ2v) is 3.98. The summed E-state index contributed by atoms with van der Waals surface area (Å²) >= 11 is 0. The molecule has 2 aromatic rings. The van der Waals surface area contributed by atoms with Crippen molar-refractivity contribution in [3.63, 3.8) is 0 Å². The van der Waals surface area contributed by atoms with Gasteiger partial charge in [0.2, 0.25) is 5.88 Å². The summed E-state index contributed by atoms with van der Waals surface area (Å²) in [5.74, 6) is 1.19. The molecule has 0 saturated heterocycles. The molecule has 0 fully saturated rings. The first kappa shape index (κ1) is 13.3. The van der Waals surface area contributed by atoms with Gasteiger partial charge in [-0.2, -0.15) is 4.98 Å². The van der Waals surface area contributed by atoms with Crippen LogP contribution in [0.2, 0.25) is 0 Å². The first-order chi connectivity index (χ1) is 9.31. The Morgan fingerprint density at radius 1 is 1.16 bits per heavy atom. The number of hydrogen-bond acceptors (Lipinski definition) is 5. The van der Waals surface area contributed by atoms with Crippen molar-refractivity contribution in [1.29, 1.82) is 0 Å². The third-order valence-corrected chi connectivity index (χ3v) is 2.43. The number of nitrogens with two attached hydrogens (primary N) is 1. The average molecular weight is 259 g/mol. The second kappa shape index (κ2) is 6.70. The molecule has 0 aliphatic carbocycles. The summed E-state index contributed by atoms with van der Waals surface area (Å²) in [4.78, 5) is 8.22. The van der Waals surface area contributed by atoms with Gasteiger partial charge in [0, 0.05) is 18.8 Å². The highest BCUT2D eigenvalue weighted by molar-refractivity contribution is 5.29.